The number of rotatable bonds is 6. The molecule has 1 aromatic carbocycles. The van der Waals surface area contributed by atoms with Gasteiger partial charge in [0.15, 0.2) is 0 Å². The molecule has 3 rings (SSSR count). The molecular weight excluding hydrogens is 416 g/mol. The lowest BCUT2D eigenvalue weighted by molar-refractivity contribution is -0.384. The van der Waals surface area contributed by atoms with Crippen LogP contribution in [0, 0.1) is 15.5 Å². The van der Waals surface area contributed by atoms with E-state index in [2.05, 4.69) is 5.32 Å². The first-order valence-electron chi connectivity index (χ1n) is 10.7. The minimum absolute atomic E-state index is 0.00799. The summed E-state index contributed by atoms with van der Waals surface area (Å²) >= 11 is 0. The molecule has 0 spiro atoms. The monoisotopic (exact) mass is 444 g/mol. The van der Waals surface area contributed by atoms with Gasteiger partial charge in [0.05, 0.1) is 16.1 Å². The maximum atomic E-state index is 12.5. The van der Waals surface area contributed by atoms with Crippen LogP contribution in [-0.2, 0) is 9.59 Å². The van der Waals surface area contributed by atoms with Crippen molar-refractivity contribution in [2.45, 2.75) is 52.5 Å². The van der Waals surface area contributed by atoms with Crippen molar-refractivity contribution in [2.75, 3.05) is 19.6 Å². The van der Waals surface area contributed by atoms with Gasteiger partial charge in [-0.15, -0.1) is 0 Å². The SMILES string of the molecule is CC(C)(C)C(=O)N1CCC(NC(=O)CCCN2C(=O)c3ccc([N+](=O)[O-])cc3C2=O)CC1. The summed E-state index contributed by atoms with van der Waals surface area (Å²) in [6.45, 7) is 6.92. The highest BCUT2D eigenvalue weighted by atomic mass is 16.6. The lowest BCUT2D eigenvalue weighted by Gasteiger charge is -2.36. The zero-order valence-corrected chi connectivity index (χ0v) is 18.6. The van der Waals surface area contributed by atoms with E-state index in [0.717, 1.165) is 11.0 Å². The van der Waals surface area contributed by atoms with E-state index in [1.807, 2.05) is 25.7 Å². The Morgan fingerprint density at radius 3 is 2.34 bits per heavy atom. The number of likely N-dealkylation sites (tertiary alicyclic amines) is 1. The molecule has 2 aliphatic rings. The van der Waals surface area contributed by atoms with E-state index in [1.54, 1.807) is 0 Å². The molecule has 0 saturated carbocycles. The number of hydrogen-bond acceptors (Lipinski definition) is 6. The second-order valence-corrected chi connectivity index (χ2v) is 9.24. The largest absolute Gasteiger partial charge is 0.353 e. The maximum Gasteiger partial charge on any atom is 0.270 e. The third-order valence-corrected chi connectivity index (χ3v) is 5.74. The molecule has 0 aliphatic carbocycles. The van der Waals surface area contributed by atoms with Crippen LogP contribution in [0.2, 0.25) is 0 Å². The van der Waals surface area contributed by atoms with Gasteiger partial charge < -0.3 is 10.2 Å². The molecule has 0 bridgehead atoms. The van der Waals surface area contributed by atoms with Gasteiger partial charge in [0.1, 0.15) is 0 Å². The predicted octanol–water partition coefficient (Wildman–Crippen LogP) is 2.12. The summed E-state index contributed by atoms with van der Waals surface area (Å²) in [6.07, 6.45) is 1.81. The second-order valence-electron chi connectivity index (χ2n) is 9.24. The number of nitro groups is 1. The number of carbonyl (C=O) groups is 4. The zero-order valence-electron chi connectivity index (χ0n) is 18.6. The topological polar surface area (TPSA) is 130 Å². The van der Waals surface area contributed by atoms with Crippen molar-refractivity contribution < 1.29 is 24.1 Å². The highest BCUT2D eigenvalue weighted by Gasteiger charge is 2.36. The number of fused-ring (bicyclic) bond motifs is 1. The molecule has 0 radical (unpaired) electrons. The third kappa shape index (κ3) is 4.95. The Morgan fingerprint density at radius 1 is 1.12 bits per heavy atom. The predicted molar refractivity (Wildman–Crippen MR) is 115 cm³/mol. The summed E-state index contributed by atoms with van der Waals surface area (Å²) in [7, 11) is 0. The molecule has 0 unspecified atom stereocenters. The fourth-order valence-electron chi connectivity index (χ4n) is 3.99. The standard InChI is InChI=1S/C22H28N4O6/c1-22(2,3)21(30)24-11-8-14(9-12-24)23-18(27)5-4-10-25-19(28)16-7-6-15(26(31)32)13-17(16)20(25)29/h6-7,13-14H,4-5,8-12H2,1-3H3,(H,23,27). The van der Waals surface area contributed by atoms with Crippen LogP contribution in [0.4, 0.5) is 5.69 Å². The number of carbonyl (C=O) groups excluding carboxylic acids is 4. The molecule has 4 amide bonds. The Kier molecular flexibility index (Phi) is 6.61. The molecule has 2 aliphatic heterocycles. The number of nitrogens with zero attached hydrogens (tertiary/aromatic N) is 3. The molecule has 1 aromatic rings. The minimum atomic E-state index is -0.617. The Labute approximate surface area is 186 Å². The van der Waals surface area contributed by atoms with Gasteiger partial charge in [0, 0.05) is 49.6 Å². The fraction of sp³-hybridized carbons (Fsp3) is 0.545. The van der Waals surface area contributed by atoms with E-state index in [0.29, 0.717) is 32.4 Å². The summed E-state index contributed by atoms with van der Waals surface area (Å²) in [5.74, 6) is -1.15. The van der Waals surface area contributed by atoms with E-state index in [-0.39, 0.29) is 47.6 Å². The molecule has 0 aromatic heterocycles. The number of imide groups is 1. The smallest absolute Gasteiger partial charge is 0.270 e. The van der Waals surface area contributed by atoms with Crippen molar-refractivity contribution in [1.82, 2.24) is 15.1 Å². The minimum Gasteiger partial charge on any atom is -0.353 e. The van der Waals surface area contributed by atoms with Crippen LogP contribution in [0.15, 0.2) is 18.2 Å². The molecule has 1 fully saturated rings. The quantitative estimate of drug-likeness (QED) is 0.406. The van der Waals surface area contributed by atoms with Crippen molar-refractivity contribution in [2.24, 2.45) is 5.41 Å². The first-order chi connectivity index (χ1) is 15.0. The Bertz CT molecular complexity index is 960. The van der Waals surface area contributed by atoms with Crippen LogP contribution in [0.3, 0.4) is 0 Å². The van der Waals surface area contributed by atoms with Gasteiger partial charge in [-0.1, -0.05) is 20.8 Å². The lowest BCUT2D eigenvalue weighted by Crippen LogP contribution is -2.49. The molecular formula is C22H28N4O6. The summed E-state index contributed by atoms with van der Waals surface area (Å²) in [4.78, 5) is 62.7. The van der Waals surface area contributed by atoms with E-state index in [4.69, 9.17) is 0 Å². The molecule has 10 heteroatoms. The van der Waals surface area contributed by atoms with Crippen molar-refractivity contribution >= 4 is 29.3 Å². The van der Waals surface area contributed by atoms with Gasteiger partial charge >= 0.3 is 0 Å². The number of benzene rings is 1. The van der Waals surface area contributed by atoms with Gasteiger partial charge in [-0.25, -0.2) is 0 Å². The summed E-state index contributed by atoms with van der Waals surface area (Å²) in [6, 6.07) is 3.59. The van der Waals surface area contributed by atoms with Crippen molar-refractivity contribution in [1.29, 1.82) is 0 Å². The summed E-state index contributed by atoms with van der Waals surface area (Å²) in [5.41, 5.74) is -0.515. The highest BCUT2D eigenvalue weighted by molar-refractivity contribution is 6.21. The van der Waals surface area contributed by atoms with E-state index in [1.165, 1.54) is 12.1 Å². The first kappa shape index (κ1) is 23.4. The average Bonchev–Trinajstić information content (AvgIpc) is 2.97. The fourth-order valence-corrected chi connectivity index (χ4v) is 3.99. The maximum absolute atomic E-state index is 12.5. The summed E-state index contributed by atoms with van der Waals surface area (Å²) < 4.78 is 0. The number of amides is 4. The number of hydrogen-bond donors (Lipinski definition) is 1. The van der Waals surface area contributed by atoms with E-state index in [9.17, 15) is 29.3 Å². The molecule has 2 heterocycles. The summed E-state index contributed by atoms with van der Waals surface area (Å²) in [5, 5.41) is 13.9. The van der Waals surface area contributed by atoms with E-state index >= 15 is 0 Å². The lowest BCUT2D eigenvalue weighted by atomic mass is 9.93. The van der Waals surface area contributed by atoms with Crippen LogP contribution in [0.25, 0.3) is 0 Å². The zero-order chi connectivity index (χ0) is 23.6. The normalized spacial score (nSPS) is 16.8. The van der Waals surface area contributed by atoms with Gasteiger partial charge in [-0.3, -0.25) is 34.2 Å². The average molecular weight is 444 g/mol. The van der Waals surface area contributed by atoms with Crippen LogP contribution in [0.5, 0.6) is 0 Å². The van der Waals surface area contributed by atoms with Crippen molar-refractivity contribution in [3.63, 3.8) is 0 Å². The number of non-ortho nitro benzene ring substituents is 1. The molecule has 172 valence electrons. The van der Waals surface area contributed by atoms with Crippen LogP contribution < -0.4 is 5.32 Å². The molecule has 0 atom stereocenters. The number of nitrogens with one attached hydrogen (secondary N) is 1. The van der Waals surface area contributed by atoms with Crippen LogP contribution in [0.1, 0.15) is 67.2 Å². The highest BCUT2D eigenvalue weighted by Crippen LogP contribution is 2.27. The molecule has 1 N–H and O–H groups in total. The number of piperidine rings is 1. The second kappa shape index (κ2) is 9.05. The van der Waals surface area contributed by atoms with Gasteiger partial charge in [0.25, 0.3) is 17.5 Å². The van der Waals surface area contributed by atoms with E-state index < -0.39 is 22.2 Å². The number of nitro benzene ring substituents is 1. The Morgan fingerprint density at radius 2 is 1.75 bits per heavy atom. The molecule has 32 heavy (non-hydrogen) atoms. The molecule has 1 saturated heterocycles. The van der Waals surface area contributed by atoms with Crippen molar-refractivity contribution in [3.05, 3.63) is 39.4 Å². The van der Waals surface area contributed by atoms with Gasteiger partial charge in [-0.2, -0.15) is 0 Å². The Balaban J connectivity index is 1.45. The first-order valence-corrected chi connectivity index (χ1v) is 10.7. The van der Waals surface area contributed by atoms with Crippen molar-refractivity contribution in [3.8, 4) is 0 Å². The third-order valence-electron chi connectivity index (χ3n) is 5.74. The molecule has 10 nitrogen and oxygen atoms in total. The Hall–Kier alpha value is -3.30. The van der Waals surface area contributed by atoms with Gasteiger partial charge in [-0.05, 0) is 25.3 Å². The van der Waals surface area contributed by atoms with Gasteiger partial charge in [0.2, 0.25) is 11.8 Å². The van der Waals surface area contributed by atoms with Crippen LogP contribution in [-0.4, -0.2) is 64.0 Å². The van der Waals surface area contributed by atoms with Crippen LogP contribution >= 0.6 is 0 Å².